The molecule has 6 heteroatoms. The molecule has 2 aliphatic rings. The van der Waals surface area contributed by atoms with Gasteiger partial charge in [-0.1, -0.05) is 48.5 Å². The Morgan fingerprint density at radius 3 is 2.17 bits per heavy atom. The number of carbonyl (C=O) groups is 1. The van der Waals surface area contributed by atoms with Crippen LogP contribution in [0.2, 0.25) is 0 Å². The minimum atomic E-state index is -3.05. The number of sulfone groups is 1. The van der Waals surface area contributed by atoms with Crippen molar-refractivity contribution in [1.29, 1.82) is 0 Å². The van der Waals surface area contributed by atoms with E-state index in [1.807, 2.05) is 30.3 Å². The Morgan fingerprint density at radius 2 is 1.57 bits per heavy atom. The van der Waals surface area contributed by atoms with Crippen LogP contribution in [0.1, 0.15) is 24.8 Å². The number of likely N-dealkylation sites (tertiary alicyclic amines) is 1. The lowest BCUT2D eigenvalue weighted by atomic mass is 9.90. The van der Waals surface area contributed by atoms with Gasteiger partial charge in [-0.25, -0.2) is 8.42 Å². The van der Waals surface area contributed by atoms with Crippen LogP contribution in [0.25, 0.3) is 0 Å². The highest BCUT2D eigenvalue weighted by Crippen LogP contribution is 2.24. The number of para-hydroxylation sites is 1. The molecule has 2 fully saturated rings. The average molecular weight is 428 g/mol. The Bertz CT molecular complexity index is 939. The second kappa shape index (κ2) is 9.31. The fraction of sp³-hybridized carbons (Fsp3) is 0.458. The van der Waals surface area contributed by atoms with Crippen molar-refractivity contribution in [1.82, 2.24) is 0 Å². The third kappa shape index (κ3) is 5.29. The predicted molar refractivity (Wildman–Crippen MR) is 119 cm³/mol. The molecule has 2 heterocycles. The van der Waals surface area contributed by atoms with Gasteiger partial charge in [0.1, 0.15) is 0 Å². The zero-order valence-corrected chi connectivity index (χ0v) is 18.2. The lowest BCUT2D eigenvalue weighted by molar-refractivity contribution is -0.898. The summed E-state index contributed by atoms with van der Waals surface area (Å²) in [4.78, 5) is 16.4. The molecule has 5 nitrogen and oxygen atoms in total. The summed E-state index contributed by atoms with van der Waals surface area (Å²) in [6.45, 7) is 2.42. The third-order valence-corrected chi connectivity index (χ3v) is 8.21. The van der Waals surface area contributed by atoms with E-state index in [0.717, 1.165) is 38.0 Å². The molecule has 2 aromatic rings. The lowest BCUT2D eigenvalue weighted by Crippen LogP contribution is -3.14. The molecule has 1 amide bonds. The Hall–Kier alpha value is -2.18. The van der Waals surface area contributed by atoms with Gasteiger partial charge in [0, 0.05) is 5.69 Å². The number of quaternary nitrogens is 1. The first-order chi connectivity index (χ1) is 14.5. The summed E-state index contributed by atoms with van der Waals surface area (Å²) < 4.78 is 24.1. The molecule has 0 aliphatic carbocycles. The van der Waals surface area contributed by atoms with Gasteiger partial charge in [0.05, 0.1) is 30.6 Å². The van der Waals surface area contributed by atoms with Gasteiger partial charge in [0.25, 0.3) is 5.91 Å². The lowest BCUT2D eigenvalue weighted by Gasteiger charge is -2.33. The Morgan fingerprint density at radius 1 is 0.933 bits per heavy atom. The quantitative estimate of drug-likeness (QED) is 0.764. The largest absolute Gasteiger partial charge is 0.327 e. The topological polar surface area (TPSA) is 58.9 Å². The number of carbonyl (C=O) groups excluding carboxylic acids is 1. The smallest absolute Gasteiger partial charge is 0.282 e. The summed E-state index contributed by atoms with van der Waals surface area (Å²) >= 11 is 0. The molecular formula is C24H31N2O3S+. The number of rotatable bonds is 6. The molecule has 1 atom stereocenters. The predicted octanol–water partition coefficient (Wildman–Crippen LogP) is 1.74. The minimum absolute atomic E-state index is 0.0415. The molecule has 1 N–H and O–H groups in total. The third-order valence-electron chi connectivity index (χ3n) is 6.46. The van der Waals surface area contributed by atoms with Crippen LogP contribution in [0.5, 0.6) is 0 Å². The molecule has 0 aromatic heterocycles. The number of piperidine rings is 1. The average Bonchev–Trinajstić information content (AvgIpc) is 3.10. The summed E-state index contributed by atoms with van der Waals surface area (Å²) in [6.07, 6.45) is 3.89. The van der Waals surface area contributed by atoms with E-state index >= 15 is 0 Å². The Labute approximate surface area is 179 Å². The number of hydrogen-bond acceptors (Lipinski definition) is 3. The second-order valence-electron chi connectivity index (χ2n) is 8.72. The Kier molecular flexibility index (Phi) is 6.54. The van der Waals surface area contributed by atoms with Crippen molar-refractivity contribution in [3.8, 4) is 0 Å². The van der Waals surface area contributed by atoms with Crippen molar-refractivity contribution in [3.63, 3.8) is 0 Å². The SMILES string of the molecule is O=C(C[NH+]1CCC(Cc2ccccc2)CC1)N(c1ccccc1)[C@@H]1CCS(=O)(=O)C1. The standard InChI is InChI=1S/C24H30N2O3S/c27-24(18-25-14-11-21(12-15-25)17-20-7-3-1-4-8-20)26(22-9-5-2-6-10-22)23-13-16-30(28,29)19-23/h1-10,21,23H,11-19H2/p+1/t23-/m1/s1. The fourth-order valence-corrected chi connectivity index (χ4v) is 6.54. The molecule has 2 saturated heterocycles. The molecule has 0 saturated carbocycles. The summed E-state index contributed by atoms with van der Waals surface area (Å²) in [5.41, 5.74) is 2.20. The van der Waals surface area contributed by atoms with Crippen molar-refractivity contribution in [2.75, 3.05) is 36.0 Å². The molecule has 30 heavy (non-hydrogen) atoms. The zero-order valence-electron chi connectivity index (χ0n) is 17.4. The van der Waals surface area contributed by atoms with Gasteiger partial charge in [-0.3, -0.25) is 4.79 Å². The molecule has 160 valence electrons. The van der Waals surface area contributed by atoms with E-state index in [0.29, 0.717) is 18.9 Å². The normalized spacial score (nSPS) is 25.7. The summed E-state index contributed by atoms with van der Waals surface area (Å²) in [7, 11) is -3.05. The van der Waals surface area contributed by atoms with Crippen molar-refractivity contribution >= 4 is 21.4 Å². The number of amides is 1. The molecular weight excluding hydrogens is 396 g/mol. The molecule has 0 unspecified atom stereocenters. The minimum Gasteiger partial charge on any atom is -0.327 e. The molecule has 4 rings (SSSR count). The van der Waals surface area contributed by atoms with Crippen molar-refractivity contribution in [3.05, 3.63) is 66.2 Å². The highest BCUT2D eigenvalue weighted by molar-refractivity contribution is 7.91. The van der Waals surface area contributed by atoms with Gasteiger partial charge in [0.2, 0.25) is 0 Å². The fourth-order valence-electron chi connectivity index (χ4n) is 4.84. The zero-order chi connectivity index (χ0) is 21.0. The first kappa shape index (κ1) is 21.1. The van der Waals surface area contributed by atoms with E-state index in [4.69, 9.17) is 0 Å². The highest BCUT2D eigenvalue weighted by Gasteiger charge is 2.37. The van der Waals surface area contributed by atoms with Crippen molar-refractivity contribution in [2.45, 2.75) is 31.7 Å². The highest BCUT2D eigenvalue weighted by atomic mass is 32.2. The summed E-state index contributed by atoms with van der Waals surface area (Å²) in [5.74, 6) is 0.963. The van der Waals surface area contributed by atoms with Gasteiger partial charge in [-0.2, -0.15) is 0 Å². The van der Waals surface area contributed by atoms with E-state index in [9.17, 15) is 13.2 Å². The van der Waals surface area contributed by atoms with Gasteiger partial charge < -0.3 is 9.80 Å². The van der Waals surface area contributed by atoms with Gasteiger partial charge >= 0.3 is 0 Å². The summed E-state index contributed by atoms with van der Waals surface area (Å²) in [5, 5.41) is 0. The molecule has 0 spiro atoms. The van der Waals surface area contributed by atoms with Crippen LogP contribution >= 0.6 is 0 Å². The molecule has 0 bridgehead atoms. The maximum absolute atomic E-state index is 13.3. The van der Waals surface area contributed by atoms with Gasteiger partial charge in [-0.15, -0.1) is 0 Å². The van der Waals surface area contributed by atoms with E-state index in [1.54, 1.807) is 4.90 Å². The van der Waals surface area contributed by atoms with Crippen LogP contribution in [0.3, 0.4) is 0 Å². The number of hydrogen-bond donors (Lipinski definition) is 1. The maximum Gasteiger partial charge on any atom is 0.282 e. The number of anilines is 1. The number of nitrogens with zero attached hydrogens (tertiary/aromatic N) is 1. The summed E-state index contributed by atoms with van der Waals surface area (Å²) in [6, 6.07) is 19.9. The van der Waals surface area contributed by atoms with Crippen molar-refractivity contribution < 1.29 is 18.1 Å². The van der Waals surface area contributed by atoms with E-state index in [1.165, 1.54) is 10.5 Å². The van der Waals surface area contributed by atoms with E-state index < -0.39 is 9.84 Å². The van der Waals surface area contributed by atoms with Crippen LogP contribution in [0.4, 0.5) is 5.69 Å². The van der Waals surface area contributed by atoms with E-state index in [2.05, 4.69) is 30.3 Å². The van der Waals surface area contributed by atoms with Crippen LogP contribution in [0.15, 0.2) is 60.7 Å². The molecule has 2 aromatic carbocycles. The van der Waals surface area contributed by atoms with Gasteiger partial charge in [0.15, 0.2) is 16.4 Å². The monoisotopic (exact) mass is 427 g/mol. The van der Waals surface area contributed by atoms with Crippen LogP contribution in [-0.2, 0) is 21.1 Å². The van der Waals surface area contributed by atoms with Crippen LogP contribution in [0, 0.1) is 5.92 Å². The number of nitrogens with one attached hydrogen (secondary N) is 1. The van der Waals surface area contributed by atoms with Crippen LogP contribution in [-0.4, -0.2) is 51.5 Å². The van der Waals surface area contributed by atoms with Crippen molar-refractivity contribution in [2.24, 2.45) is 5.92 Å². The first-order valence-electron chi connectivity index (χ1n) is 11.0. The molecule has 0 radical (unpaired) electrons. The van der Waals surface area contributed by atoms with Crippen LogP contribution < -0.4 is 9.80 Å². The Balaban J connectivity index is 1.37. The van der Waals surface area contributed by atoms with E-state index in [-0.39, 0.29) is 23.5 Å². The molecule has 2 aliphatic heterocycles. The maximum atomic E-state index is 13.3. The first-order valence-corrected chi connectivity index (χ1v) is 12.8. The second-order valence-corrected chi connectivity index (χ2v) is 10.9. The van der Waals surface area contributed by atoms with Gasteiger partial charge in [-0.05, 0) is 49.3 Å². The number of benzene rings is 2.